The summed E-state index contributed by atoms with van der Waals surface area (Å²) in [5.41, 5.74) is 5.10. The lowest BCUT2D eigenvalue weighted by Gasteiger charge is -2.35. The molecule has 1 aliphatic rings. The zero-order valence-corrected chi connectivity index (χ0v) is 18.3. The predicted octanol–water partition coefficient (Wildman–Crippen LogP) is 3.86. The van der Waals surface area contributed by atoms with Crippen LogP contribution in [0, 0.1) is 13.8 Å². The van der Waals surface area contributed by atoms with E-state index in [-0.39, 0.29) is 5.91 Å². The largest absolute Gasteiger partial charge is 0.497 e. The number of hydrogen-bond acceptors (Lipinski definition) is 4. The molecule has 0 bridgehead atoms. The van der Waals surface area contributed by atoms with Crippen molar-refractivity contribution in [1.82, 2.24) is 14.7 Å². The highest BCUT2D eigenvalue weighted by Gasteiger charge is 2.20. The molecule has 0 unspecified atom stereocenters. The van der Waals surface area contributed by atoms with Crippen molar-refractivity contribution in [2.24, 2.45) is 0 Å². The average Bonchev–Trinajstić information content (AvgIpc) is 3.11. The summed E-state index contributed by atoms with van der Waals surface area (Å²) in [6.07, 6.45) is 3.57. The van der Waals surface area contributed by atoms with Crippen molar-refractivity contribution in [2.45, 2.75) is 13.8 Å². The van der Waals surface area contributed by atoms with Gasteiger partial charge in [0.15, 0.2) is 0 Å². The number of anilines is 1. The van der Waals surface area contributed by atoms with Gasteiger partial charge in [-0.3, -0.25) is 4.79 Å². The maximum absolute atomic E-state index is 12.8. The first-order valence-electron chi connectivity index (χ1n) is 10.5. The summed E-state index contributed by atoms with van der Waals surface area (Å²) < 4.78 is 7.15. The predicted molar refractivity (Wildman–Crippen MR) is 124 cm³/mol. The third-order valence-electron chi connectivity index (χ3n) is 5.77. The Bertz CT molecular complexity index is 1060. The number of rotatable bonds is 5. The van der Waals surface area contributed by atoms with Crippen LogP contribution in [0.5, 0.6) is 5.75 Å². The molecule has 0 saturated carbocycles. The molecule has 1 saturated heterocycles. The van der Waals surface area contributed by atoms with Gasteiger partial charge in [-0.1, -0.05) is 18.2 Å². The minimum Gasteiger partial charge on any atom is -0.497 e. The molecular formula is C25H28N4O2. The van der Waals surface area contributed by atoms with Gasteiger partial charge in [0.1, 0.15) is 5.75 Å². The van der Waals surface area contributed by atoms with E-state index in [0.717, 1.165) is 47.2 Å². The lowest BCUT2D eigenvalue weighted by atomic mass is 10.1. The van der Waals surface area contributed by atoms with Crippen LogP contribution in [0.15, 0.2) is 60.7 Å². The van der Waals surface area contributed by atoms with Crippen LogP contribution in [0.2, 0.25) is 0 Å². The van der Waals surface area contributed by atoms with Crippen LogP contribution in [-0.4, -0.2) is 53.9 Å². The van der Waals surface area contributed by atoms with E-state index in [1.54, 1.807) is 13.2 Å². The molecule has 4 rings (SSSR count). The number of methoxy groups -OCH3 is 1. The fourth-order valence-electron chi connectivity index (χ4n) is 3.95. The fraction of sp³-hybridized carbons (Fsp3) is 0.280. The number of ether oxygens (including phenoxy) is 1. The molecular weight excluding hydrogens is 388 g/mol. The topological polar surface area (TPSA) is 50.6 Å². The Kier molecular flexibility index (Phi) is 6.07. The molecule has 1 amide bonds. The monoisotopic (exact) mass is 416 g/mol. The second-order valence-corrected chi connectivity index (χ2v) is 7.68. The molecule has 1 aliphatic heterocycles. The van der Waals surface area contributed by atoms with Gasteiger partial charge in [0, 0.05) is 49.2 Å². The summed E-state index contributed by atoms with van der Waals surface area (Å²) in [5.74, 6) is 0.893. The number of hydrogen-bond donors (Lipinski definition) is 0. The first-order chi connectivity index (χ1) is 15.1. The smallest absolute Gasteiger partial charge is 0.246 e. The van der Waals surface area contributed by atoms with E-state index in [4.69, 9.17) is 4.74 Å². The third-order valence-corrected chi connectivity index (χ3v) is 5.77. The Balaban J connectivity index is 1.39. The van der Waals surface area contributed by atoms with E-state index < -0.39 is 0 Å². The van der Waals surface area contributed by atoms with E-state index in [1.165, 1.54) is 0 Å². The minimum absolute atomic E-state index is 0.0423. The summed E-state index contributed by atoms with van der Waals surface area (Å²) in [6.45, 7) is 7.05. The number of nitrogens with zero attached hydrogens (tertiary/aromatic N) is 4. The van der Waals surface area contributed by atoms with Gasteiger partial charge in [-0.2, -0.15) is 5.10 Å². The highest BCUT2D eigenvalue weighted by atomic mass is 16.5. The highest BCUT2D eigenvalue weighted by molar-refractivity contribution is 5.92. The number of carbonyl (C=O) groups is 1. The van der Waals surface area contributed by atoms with Crippen LogP contribution < -0.4 is 9.64 Å². The van der Waals surface area contributed by atoms with Crippen LogP contribution in [0.1, 0.15) is 17.0 Å². The number of benzene rings is 2. The summed E-state index contributed by atoms with van der Waals surface area (Å²) in [6, 6.07) is 18.1. The summed E-state index contributed by atoms with van der Waals surface area (Å²) in [7, 11) is 1.67. The van der Waals surface area contributed by atoms with Crippen molar-refractivity contribution in [3.05, 3.63) is 77.6 Å². The molecule has 31 heavy (non-hydrogen) atoms. The summed E-state index contributed by atoms with van der Waals surface area (Å²) in [5, 5.41) is 4.65. The van der Waals surface area contributed by atoms with Crippen molar-refractivity contribution in [3.63, 3.8) is 0 Å². The highest BCUT2D eigenvalue weighted by Crippen LogP contribution is 2.21. The van der Waals surface area contributed by atoms with E-state index >= 15 is 0 Å². The summed E-state index contributed by atoms with van der Waals surface area (Å²) in [4.78, 5) is 17.0. The van der Waals surface area contributed by atoms with Gasteiger partial charge in [-0.15, -0.1) is 0 Å². The van der Waals surface area contributed by atoms with Crippen molar-refractivity contribution in [3.8, 4) is 11.4 Å². The lowest BCUT2D eigenvalue weighted by Crippen LogP contribution is -2.48. The number of para-hydroxylation sites is 1. The van der Waals surface area contributed by atoms with Crippen molar-refractivity contribution < 1.29 is 9.53 Å². The second kappa shape index (κ2) is 9.08. The molecule has 2 heterocycles. The maximum Gasteiger partial charge on any atom is 0.246 e. The number of aryl methyl sites for hydroxylation is 1. The third kappa shape index (κ3) is 4.48. The zero-order valence-electron chi connectivity index (χ0n) is 18.3. The molecule has 0 spiro atoms. The Labute approximate surface area is 183 Å². The van der Waals surface area contributed by atoms with Gasteiger partial charge < -0.3 is 14.5 Å². The average molecular weight is 417 g/mol. The Morgan fingerprint density at radius 1 is 0.935 bits per heavy atom. The lowest BCUT2D eigenvalue weighted by molar-refractivity contribution is -0.126. The summed E-state index contributed by atoms with van der Waals surface area (Å²) >= 11 is 0. The van der Waals surface area contributed by atoms with Crippen LogP contribution in [-0.2, 0) is 4.79 Å². The van der Waals surface area contributed by atoms with Crippen LogP contribution in [0.4, 0.5) is 5.69 Å². The quantitative estimate of drug-likeness (QED) is 0.593. The van der Waals surface area contributed by atoms with Gasteiger partial charge in [0.2, 0.25) is 5.91 Å². The molecule has 0 N–H and O–H groups in total. The molecule has 3 aromatic rings. The molecule has 0 radical (unpaired) electrons. The van der Waals surface area contributed by atoms with Crippen LogP contribution >= 0.6 is 0 Å². The molecule has 6 heteroatoms. The first kappa shape index (κ1) is 20.7. The molecule has 2 aromatic carbocycles. The Morgan fingerprint density at radius 3 is 2.26 bits per heavy atom. The van der Waals surface area contributed by atoms with Crippen LogP contribution in [0.3, 0.4) is 0 Å². The van der Waals surface area contributed by atoms with E-state index in [1.807, 2.05) is 72.0 Å². The minimum atomic E-state index is 0.0423. The van der Waals surface area contributed by atoms with Crippen LogP contribution in [0.25, 0.3) is 11.8 Å². The molecule has 160 valence electrons. The van der Waals surface area contributed by atoms with Gasteiger partial charge in [-0.25, -0.2) is 4.68 Å². The van der Waals surface area contributed by atoms with Crippen molar-refractivity contribution in [1.29, 1.82) is 0 Å². The second-order valence-electron chi connectivity index (χ2n) is 7.68. The number of aromatic nitrogens is 2. The number of piperazine rings is 1. The molecule has 0 aliphatic carbocycles. The van der Waals surface area contributed by atoms with Gasteiger partial charge >= 0.3 is 0 Å². The first-order valence-corrected chi connectivity index (χ1v) is 10.5. The molecule has 1 fully saturated rings. The zero-order chi connectivity index (χ0) is 21.8. The molecule has 1 aromatic heterocycles. The Hall–Kier alpha value is -3.54. The normalized spacial score (nSPS) is 14.3. The fourth-order valence-corrected chi connectivity index (χ4v) is 3.95. The number of amides is 1. The Morgan fingerprint density at radius 2 is 1.61 bits per heavy atom. The SMILES string of the molecule is COc1ccc(N2CCN(C(=O)/C=C/c3c(C)nn(-c4ccccc4)c3C)CC2)cc1. The van der Waals surface area contributed by atoms with Gasteiger partial charge in [0.25, 0.3) is 0 Å². The van der Waals surface area contributed by atoms with Gasteiger partial charge in [-0.05, 0) is 56.3 Å². The molecule has 6 nitrogen and oxygen atoms in total. The standard InChI is InChI=1S/C25H28N4O2/c1-19-24(20(2)29(26-19)22-7-5-4-6-8-22)13-14-25(30)28-17-15-27(16-18-28)21-9-11-23(31-3)12-10-21/h4-14H,15-18H2,1-3H3/b14-13+. The van der Waals surface area contributed by atoms with Gasteiger partial charge in [0.05, 0.1) is 18.5 Å². The molecule has 0 atom stereocenters. The van der Waals surface area contributed by atoms with E-state index in [2.05, 4.69) is 22.1 Å². The van der Waals surface area contributed by atoms with E-state index in [0.29, 0.717) is 13.1 Å². The number of carbonyl (C=O) groups excluding carboxylic acids is 1. The van der Waals surface area contributed by atoms with Crippen molar-refractivity contribution >= 4 is 17.7 Å². The van der Waals surface area contributed by atoms with E-state index in [9.17, 15) is 4.79 Å². The maximum atomic E-state index is 12.8. The van der Waals surface area contributed by atoms with Crippen molar-refractivity contribution in [2.75, 3.05) is 38.2 Å².